The third kappa shape index (κ3) is 3.41. The molecule has 0 unspecified atom stereocenters. The lowest BCUT2D eigenvalue weighted by Gasteiger charge is -2.08. The molecular weight excluding hydrogens is 308 g/mol. The van der Waals surface area contributed by atoms with Crippen LogP contribution in [-0.2, 0) is 4.84 Å². The molecule has 1 aromatic rings. The molecule has 0 saturated carbocycles. The summed E-state index contributed by atoms with van der Waals surface area (Å²) < 4.78 is 30.4. The van der Waals surface area contributed by atoms with E-state index in [1.165, 1.54) is 0 Å². The standard InChI is InChI=1S/C12H12BrF2NO2/c13-8-3-4-11-9(6-8)10(2-1-5-17-11)16-18-7-12(14)15/h3-4,6,12H,1-2,5,7H2. The van der Waals surface area contributed by atoms with E-state index in [0.717, 1.165) is 16.5 Å². The van der Waals surface area contributed by atoms with Gasteiger partial charge >= 0.3 is 0 Å². The number of nitrogens with zero attached hydrogens (tertiary/aromatic N) is 1. The molecule has 0 N–H and O–H groups in total. The second kappa shape index (κ2) is 6.13. The minimum atomic E-state index is -2.52. The van der Waals surface area contributed by atoms with Crippen LogP contribution in [-0.4, -0.2) is 25.4 Å². The van der Waals surface area contributed by atoms with Crippen molar-refractivity contribution in [2.24, 2.45) is 5.16 Å². The smallest absolute Gasteiger partial charge is 0.274 e. The van der Waals surface area contributed by atoms with Gasteiger partial charge in [-0.1, -0.05) is 21.1 Å². The first-order valence-electron chi connectivity index (χ1n) is 5.56. The Kier molecular flexibility index (Phi) is 4.52. The highest BCUT2D eigenvalue weighted by Crippen LogP contribution is 2.27. The molecule has 98 valence electrons. The van der Waals surface area contributed by atoms with E-state index in [4.69, 9.17) is 4.74 Å². The highest BCUT2D eigenvalue weighted by molar-refractivity contribution is 9.10. The molecular formula is C12H12BrF2NO2. The molecule has 0 spiro atoms. The molecule has 2 rings (SSSR count). The largest absolute Gasteiger partial charge is 0.493 e. The highest BCUT2D eigenvalue weighted by Gasteiger charge is 2.16. The Labute approximate surface area is 112 Å². The van der Waals surface area contributed by atoms with Gasteiger partial charge in [0.05, 0.1) is 12.3 Å². The maximum atomic E-state index is 12.0. The summed E-state index contributed by atoms with van der Waals surface area (Å²) in [4.78, 5) is 4.65. The summed E-state index contributed by atoms with van der Waals surface area (Å²) in [6.45, 7) is -0.101. The molecule has 0 atom stereocenters. The van der Waals surface area contributed by atoms with Crippen molar-refractivity contribution in [3.8, 4) is 5.75 Å². The zero-order valence-corrected chi connectivity index (χ0v) is 11.1. The first-order valence-corrected chi connectivity index (χ1v) is 6.36. The molecule has 0 aliphatic carbocycles. The molecule has 3 nitrogen and oxygen atoms in total. The SMILES string of the molecule is FC(F)CON=C1CCCOc2ccc(Br)cc21. The molecule has 1 aliphatic heterocycles. The van der Waals surface area contributed by atoms with Gasteiger partial charge in [0, 0.05) is 10.0 Å². The molecule has 0 bridgehead atoms. The maximum absolute atomic E-state index is 12.0. The van der Waals surface area contributed by atoms with E-state index in [0.29, 0.717) is 24.5 Å². The second-order valence-electron chi connectivity index (χ2n) is 3.82. The lowest BCUT2D eigenvalue weighted by molar-refractivity contribution is 0.0201. The number of halogens is 3. The summed E-state index contributed by atoms with van der Waals surface area (Å²) in [6.07, 6.45) is -1.09. The number of benzene rings is 1. The van der Waals surface area contributed by atoms with Crippen LogP contribution < -0.4 is 4.74 Å². The van der Waals surface area contributed by atoms with Crippen LogP contribution >= 0.6 is 15.9 Å². The Morgan fingerprint density at radius 3 is 3.06 bits per heavy atom. The molecule has 1 aliphatic rings. The number of fused-ring (bicyclic) bond motifs is 1. The molecule has 18 heavy (non-hydrogen) atoms. The van der Waals surface area contributed by atoms with Crippen LogP contribution in [0.5, 0.6) is 5.75 Å². The van der Waals surface area contributed by atoms with Crippen LogP contribution in [0.25, 0.3) is 0 Å². The van der Waals surface area contributed by atoms with E-state index in [2.05, 4.69) is 25.9 Å². The minimum Gasteiger partial charge on any atom is -0.493 e. The number of hydrogen-bond donors (Lipinski definition) is 0. The molecule has 0 fully saturated rings. The molecule has 1 aromatic carbocycles. The summed E-state index contributed by atoms with van der Waals surface area (Å²) >= 11 is 3.36. The van der Waals surface area contributed by atoms with Gasteiger partial charge in [0.1, 0.15) is 5.75 Å². The predicted molar refractivity (Wildman–Crippen MR) is 67.4 cm³/mol. The molecule has 0 saturated heterocycles. The van der Waals surface area contributed by atoms with Crippen LogP contribution in [0.1, 0.15) is 18.4 Å². The fraction of sp³-hybridized carbons (Fsp3) is 0.417. The second-order valence-corrected chi connectivity index (χ2v) is 4.73. The molecule has 0 amide bonds. The number of oxime groups is 1. The highest BCUT2D eigenvalue weighted by atomic mass is 79.9. The van der Waals surface area contributed by atoms with E-state index < -0.39 is 13.0 Å². The lowest BCUT2D eigenvalue weighted by atomic mass is 10.1. The number of hydrogen-bond acceptors (Lipinski definition) is 3. The lowest BCUT2D eigenvalue weighted by Crippen LogP contribution is -2.05. The van der Waals surface area contributed by atoms with E-state index in [1.54, 1.807) is 0 Å². The fourth-order valence-corrected chi connectivity index (χ4v) is 2.04. The van der Waals surface area contributed by atoms with Crippen LogP contribution in [0.15, 0.2) is 27.8 Å². The third-order valence-corrected chi connectivity index (χ3v) is 2.94. The van der Waals surface area contributed by atoms with Gasteiger partial charge in [-0.2, -0.15) is 0 Å². The summed E-state index contributed by atoms with van der Waals surface area (Å²) in [6, 6.07) is 5.54. The average Bonchev–Trinajstić information content (AvgIpc) is 2.51. The van der Waals surface area contributed by atoms with Gasteiger partial charge < -0.3 is 9.57 Å². The minimum absolute atomic E-state index is 0.586. The van der Waals surface area contributed by atoms with Crippen molar-refractivity contribution >= 4 is 21.6 Å². The average molecular weight is 320 g/mol. The Morgan fingerprint density at radius 2 is 2.28 bits per heavy atom. The Morgan fingerprint density at radius 1 is 1.44 bits per heavy atom. The first kappa shape index (κ1) is 13.3. The topological polar surface area (TPSA) is 30.8 Å². The van der Waals surface area contributed by atoms with E-state index in [1.807, 2.05) is 18.2 Å². The van der Waals surface area contributed by atoms with Gasteiger partial charge in [-0.25, -0.2) is 8.78 Å². The summed E-state index contributed by atoms with van der Waals surface area (Å²) in [5.41, 5.74) is 1.43. The molecule has 1 heterocycles. The molecule has 6 heteroatoms. The van der Waals surface area contributed by atoms with Crippen molar-refractivity contribution in [1.29, 1.82) is 0 Å². The van der Waals surface area contributed by atoms with Gasteiger partial charge in [-0.15, -0.1) is 0 Å². The van der Waals surface area contributed by atoms with Crippen molar-refractivity contribution in [2.45, 2.75) is 19.3 Å². The summed E-state index contributed by atoms with van der Waals surface area (Å²) in [5, 5.41) is 3.80. The molecule has 0 aromatic heterocycles. The van der Waals surface area contributed by atoms with E-state index >= 15 is 0 Å². The van der Waals surface area contributed by atoms with Crippen molar-refractivity contribution < 1.29 is 18.4 Å². The number of alkyl halides is 2. The maximum Gasteiger partial charge on any atom is 0.274 e. The Hall–Kier alpha value is -1.17. The fourth-order valence-electron chi connectivity index (χ4n) is 1.68. The number of rotatable bonds is 3. The van der Waals surface area contributed by atoms with Crippen molar-refractivity contribution in [3.05, 3.63) is 28.2 Å². The number of ether oxygens (including phenoxy) is 1. The zero-order valence-electron chi connectivity index (χ0n) is 9.54. The van der Waals surface area contributed by atoms with Crippen LogP contribution in [0.3, 0.4) is 0 Å². The van der Waals surface area contributed by atoms with Crippen LogP contribution in [0.4, 0.5) is 8.78 Å². The van der Waals surface area contributed by atoms with Crippen molar-refractivity contribution in [1.82, 2.24) is 0 Å². The predicted octanol–water partition coefficient (Wildman–Crippen LogP) is 3.61. The zero-order chi connectivity index (χ0) is 13.0. The Balaban J connectivity index is 2.23. The van der Waals surface area contributed by atoms with E-state index in [9.17, 15) is 8.78 Å². The quantitative estimate of drug-likeness (QED) is 0.797. The Bertz CT molecular complexity index is 452. The van der Waals surface area contributed by atoms with Crippen LogP contribution in [0.2, 0.25) is 0 Å². The summed E-state index contributed by atoms with van der Waals surface area (Å²) in [5.74, 6) is 0.704. The van der Waals surface area contributed by atoms with Gasteiger partial charge in [0.2, 0.25) is 0 Å². The van der Waals surface area contributed by atoms with Gasteiger partial charge in [0.15, 0.2) is 6.61 Å². The third-order valence-electron chi connectivity index (χ3n) is 2.44. The van der Waals surface area contributed by atoms with Gasteiger partial charge in [-0.05, 0) is 31.0 Å². The molecule has 0 radical (unpaired) electrons. The van der Waals surface area contributed by atoms with Crippen molar-refractivity contribution in [3.63, 3.8) is 0 Å². The normalized spacial score (nSPS) is 17.2. The van der Waals surface area contributed by atoms with Crippen LogP contribution in [0, 0.1) is 0 Å². The van der Waals surface area contributed by atoms with Gasteiger partial charge in [0.25, 0.3) is 6.43 Å². The van der Waals surface area contributed by atoms with Gasteiger partial charge in [-0.3, -0.25) is 0 Å². The van der Waals surface area contributed by atoms with E-state index in [-0.39, 0.29) is 0 Å². The summed E-state index contributed by atoms with van der Waals surface area (Å²) in [7, 11) is 0. The first-order chi connectivity index (χ1) is 8.66. The van der Waals surface area contributed by atoms with Crippen molar-refractivity contribution in [2.75, 3.05) is 13.2 Å². The monoisotopic (exact) mass is 319 g/mol.